The number of benzene rings is 2. The van der Waals surface area contributed by atoms with Gasteiger partial charge in [-0.25, -0.2) is 0 Å². The molecule has 0 radical (unpaired) electrons. The first-order valence-electron chi connectivity index (χ1n) is 18.6. The summed E-state index contributed by atoms with van der Waals surface area (Å²) in [5, 5.41) is -0.812. The fraction of sp³-hybridized carbons (Fsp3) is 0.400. The Balaban J connectivity index is 2.12. The largest absolute Gasteiger partial charge is 0.340 e. The predicted octanol–water partition coefficient (Wildman–Crippen LogP) is 4.58. The molecular weight excluding hydrogens is 350 g/mol. The Morgan fingerprint density at radius 1 is 1.12 bits per heavy atom. The van der Waals surface area contributed by atoms with E-state index in [0.717, 1.165) is 0 Å². The molecular formula is C20H24ClN3S. The van der Waals surface area contributed by atoms with Gasteiger partial charge in [0.25, 0.3) is 0 Å². The van der Waals surface area contributed by atoms with Gasteiger partial charge in [0.05, 0.1) is 21.0 Å². The standard InChI is InChI=1S/C20H24ClN3S/c1-22-11-13-23(14-12-22)9-4-10-24-17-5-2-3-6-19(17)25-20-8-7-16(21)15-18(20)24/h2-3,5-8,15H,4,9-14H2,1H3/i1D3,2D,3D,4D2,5D,6D,7D,8D,9D2,10D2,11D2,12D2,13D2,14D2,15D. The van der Waals surface area contributed by atoms with E-state index in [4.69, 9.17) is 44.5 Å². The van der Waals surface area contributed by atoms with E-state index in [-0.39, 0.29) is 4.90 Å². The number of fused-ring (bicyclic) bond motifs is 2. The molecule has 1 saturated heterocycles. The quantitative estimate of drug-likeness (QED) is 0.746. The molecule has 0 bridgehead atoms. The second kappa shape index (κ2) is 7.58. The van der Waals surface area contributed by atoms with Crippen LogP contribution in [0.15, 0.2) is 52.1 Å². The second-order valence-electron chi connectivity index (χ2n) is 4.45. The number of hydrogen-bond donors (Lipinski definition) is 0. The van der Waals surface area contributed by atoms with E-state index in [1.807, 2.05) is 0 Å². The van der Waals surface area contributed by atoms with Crippen LogP contribution in [0.5, 0.6) is 0 Å². The SMILES string of the molecule is [2H]c1c([2H])c([2H])c2c(c1[2H])Sc1c([2H])c([2H])c(Cl)c([2H])c1N2C([2H])([2H])C([2H])([2H])C([2H])([2H])N1C([2H])([2H])C([2H])([2H])N(C([2H])([2H])[2H])C([2H])([2H])C1([2H])[2H]. The zero-order valence-electron chi connectivity index (χ0n) is 36.1. The molecule has 0 saturated carbocycles. The molecule has 0 spiro atoms. The summed E-state index contributed by atoms with van der Waals surface area (Å²) < 4.78 is 202. The van der Waals surface area contributed by atoms with E-state index in [1.54, 1.807) is 0 Å². The maximum atomic E-state index is 9.06. The summed E-state index contributed by atoms with van der Waals surface area (Å²) in [6, 6.07) is -6.44. The molecule has 0 amide bonds. The van der Waals surface area contributed by atoms with Crippen LogP contribution in [0.3, 0.4) is 0 Å². The number of hydrogen-bond acceptors (Lipinski definition) is 4. The van der Waals surface area contributed by atoms with Gasteiger partial charge in [0.15, 0.2) is 0 Å². The van der Waals surface area contributed by atoms with E-state index in [2.05, 4.69) is 0 Å². The summed E-state index contributed by atoms with van der Waals surface area (Å²) in [7, 11) is 0. The van der Waals surface area contributed by atoms with Gasteiger partial charge in [-0.1, -0.05) is 35.4 Å². The minimum Gasteiger partial charge on any atom is -0.340 e. The van der Waals surface area contributed by atoms with Gasteiger partial charge in [0, 0.05) is 70.6 Å². The van der Waals surface area contributed by atoms with Crippen LogP contribution in [0, 0.1) is 0 Å². The molecule has 0 aromatic heterocycles. The van der Waals surface area contributed by atoms with Crippen molar-refractivity contribution in [1.29, 1.82) is 0 Å². The van der Waals surface area contributed by atoms with Crippen molar-refractivity contribution < 1.29 is 32.9 Å². The van der Waals surface area contributed by atoms with Crippen molar-refractivity contribution in [2.75, 3.05) is 50.9 Å². The van der Waals surface area contributed by atoms with Crippen LogP contribution in [-0.4, -0.2) is 55.8 Å². The maximum absolute atomic E-state index is 9.06. The van der Waals surface area contributed by atoms with Gasteiger partial charge in [0.1, 0.15) is 0 Å². The Morgan fingerprint density at radius 2 is 1.92 bits per heavy atom. The number of nitrogens with zero attached hydrogens (tertiary/aromatic N) is 3. The van der Waals surface area contributed by atoms with Gasteiger partial charge in [-0.15, -0.1) is 0 Å². The molecule has 0 aliphatic carbocycles. The number of likely N-dealkylation sites (N-methyl/N-ethyl adjacent to an activating group) is 1. The first-order valence-corrected chi connectivity index (χ1v) is 7.80. The topological polar surface area (TPSA) is 9.72 Å². The van der Waals surface area contributed by atoms with Crippen molar-refractivity contribution >= 4 is 34.7 Å². The van der Waals surface area contributed by atoms with Gasteiger partial charge >= 0.3 is 0 Å². The zero-order valence-corrected chi connectivity index (χ0v) is 13.7. The molecule has 25 heavy (non-hydrogen) atoms. The van der Waals surface area contributed by atoms with Gasteiger partial charge in [-0.3, -0.25) is 0 Å². The third kappa shape index (κ3) is 3.82. The molecule has 5 heteroatoms. The lowest BCUT2D eigenvalue weighted by Gasteiger charge is -2.35. The van der Waals surface area contributed by atoms with Crippen LogP contribution in [0.2, 0.25) is 5.02 Å². The van der Waals surface area contributed by atoms with Gasteiger partial charge in [-0.2, -0.15) is 0 Å². The highest BCUT2D eigenvalue weighted by atomic mass is 35.5. The molecule has 0 N–H and O–H groups in total. The summed E-state index contributed by atoms with van der Waals surface area (Å²) in [5.74, 6) is 0. The van der Waals surface area contributed by atoms with Crippen molar-refractivity contribution in [3.8, 4) is 0 Å². The van der Waals surface area contributed by atoms with E-state index in [1.165, 1.54) is 0 Å². The lowest BCUT2D eigenvalue weighted by Crippen LogP contribution is -2.45. The highest BCUT2D eigenvalue weighted by Gasteiger charge is 2.23. The average molecular weight is 398 g/mol. The van der Waals surface area contributed by atoms with E-state index >= 15 is 0 Å². The van der Waals surface area contributed by atoms with Gasteiger partial charge in [0.2, 0.25) is 0 Å². The molecule has 1 fully saturated rings. The lowest BCUT2D eigenvalue weighted by atomic mass is 10.2. The zero-order chi connectivity index (χ0) is 38.4. The van der Waals surface area contributed by atoms with E-state index < -0.39 is 131 Å². The van der Waals surface area contributed by atoms with Crippen LogP contribution in [0.1, 0.15) is 39.3 Å². The fourth-order valence-corrected chi connectivity index (χ4v) is 2.92. The molecule has 2 aromatic rings. The minimum absolute atomic E-state index is 0.0443. The normalized spacial score (nSPS) is 42.4. The summed E-state index contributed by atoms with van der Waals surface area (Å²) >= 11 is 6.46. The first kappa shape index (κ1) is 4.79. The molecule has 2 heterocycles. The second-order valence-corrected chi connectivity index (χ2v) is 5.85. The molecule has 4 rings (SSSR count). The Morgan fingerprint density at radius 3 is 2.76 bits per heavy atom. The van der Waals surface area contributed by atoms with Crippen molar-refractivity contribution in [3.63, 3.8) is 0 Å². The number of rotatable bonds is 4. The summed E-state index contributed by atoms with van der Waals surface area (Å²) in [6.07, 6.45) is -4.48. The number of para-hydroxylation sites is 1. The van der Waals surface area contributed by atoms with E-state index in [9.17, 15) is 0 Å². The maximum Gasteiger partial charge on any atom is 0.0661 e. The van der Waals surface area contributed by atoms with Gasteiger partial charge < -0.3 is 14.7 Å². The molecule has 2 aromatic carbocycles. The Bertz CT molecular complexity index is 1640. The molecule has 2 aliphatic heterocycles. The predicted molar refractivity (Wildman–Crippen MR) is 108 cm³/mol. The third-order valence-corrected chi connectivity index (χ3v) is 4.09. The van der Waals surface area contributed by atoms with Crippen LogP contribution < -0.4 is 4.90 Å². The Labute approximate surface area is 193 Å². The minimum atomic E-state index is -4.56. The van der Waals surface area contributed by atoms with Crippen molar-refractivity contribution in [2.24, 2.45) is 0 Å². The smallest absolute Gasteiger partial charge is 0.0661 e. The number of piperazine rings is 1. The Hall–Kier alpha value is -1.20. The van der Waals surface area contributed by atoms with Gasteiger partial charge in [-0.05, 0) is 50.1 Å². The van der Waals surface area contributed by atoms with E-state index in [0.29, 0.717) is 11.8 Å². The lowest BCUT2D eigenvalue weighted by molar-refractivity contribution is 0.153. The van der Waals surface area contributed by atoms with Crippen molar-refractivity contribution in [1.82, 2.24) is 9.80 Å². The van der Waals surface area contributed by atoms with Crippen LogP contribution in [-0.2, 0) is 0 Å². The average Bonchev–Trinajstić information content (AvgIpc) is 2.92. The molecule has 132 valence electrons. The highest BCUT2D eigenvalue weighted by Crippen LogP contribution is 2.48. The van der Waals surface area contributed by atoms with Crippen LogP contribution in [0.25, 0.3) is 0 Å². The first-order chi connectivity index (χ1) is 21.6. The third-order valence-electron chi connectivity index (χ3n) is 2.90. The molecule has 0 unspecified atom stereocenters. The van der Waals surface area contributed by atoms with Crippen molar-refractivity contribution in [2.45, 2.75) is 16.2 Å². The summed E-state index contributed by atoms with van der Waals surface area (Å²) in [5.41, 5.74) is -1.83. The monoisotopic (exact) mass is 397 g/mol. The van der Waals surface area contributed by atoms with Crippen LogP contribution in [0.4, 0.5) is 11.4 Å². The summed E-state index contributed by atoms with van der Waals surface area (Å²) in [6.45, 7) is -29.7. The fourth-order valence-electron chi connectivity index (χ4n) is 1.89. The van der Waals surface area contributed by atoms with Crippen LogP contribution >= 0.6 is 23.4 Å². The molecule has 2 aliphatic rings. The summed E-state index contributed by atoms with van der Waals surface area (Å²) in [4.78, 5) is -2.84. The Kier molecular flexibility index (Phi) is 1.45. The number of anilines is 2. The van der Waals surface area contributed by atoms with Crippen molar-refractivity contribution in [3.05, 3.63) is 47.3 Å². The highest BCUT2D eigenvalue weighted by molar-refractivity contribution is 7.99. The number of halogens is 1. The molecule has 3 nitrogen and oxygen atoms in total. The molecule has 0 atom stereocenters.